The van der Waals surface area contributed by atoms with Gasteiger partial charge in [0.25, 0.3) is 5.56 Å². The maximum absolute atomic E-state index is 13.7. The molecule has 4 aromatic carbocycles. The highest BCUT2D eigenvalue weighted by atomic mass is 79.9. The van der Waals surface area contributed by atoms with E-state index in [-0.39, 0.29) is 23.8 Å². The lowest BCUT2D eigenvalue weighted by Crippen LogP contribution is -2.20. The maximum Gasteiger partial charge on any atom is 0.282 e. The Hall–Kier alpha value is -4.76. The van der Waals surface area contributed by atoms with E-state index in [2.05, 4.69) is 21.0 Å². The van der Waals surface area contributed by atoms with Gasteiger partial charge in [-0.3, -0.25) is 4.79 Å². The molecule has 0 spiro atoms. The molecule has 0 amide bonds. The predicted molar refractivity (Wildman–Crippen MR) is 156 cm³/mol. The summed E-state index contributed by atoms with van der Waals surface area (Å²) < 4.78 is 33.4. The quantitative estimate of drug-likeness (QED) is 0.182. The summed E-state index contributed by atoms with van der Waals surface area (Å²) in [7, 11) is 1.53. The van der Waals surface area contributed by atoms with Crippen molar-refractivity contribution in [3.63, 3.8) is 0 Å². The van der Waals surface area contributed by atoms with Crippen LogP contribution in [0.5, 0.6) is 11.5 Å². The fraction of sp³-hybridized carbons (Fsp3) is 0.0645. The maximum atomic E-state index is 13.7. The number of hydrogen-bond acceptors (Lipinski definition) is 6. The van der Waals surface area contributed by atoms with E-state index in [1.807, 2.05) is 30.3 Å². The highest BCUT2D eigenvalue weighted by Gasteiger charge is 2.17. The molecule has 40 heavy (non-hydrogen) atoms. The van der Waals surface area contributed by atoms with Gasteiger partial charge in [-0.1, -0.05) is 46.3 Å². The van der Waals surface area contributed by atoms with Crippen LogP contribution >= 0.6 is 15.9 Å². The first-order valence-corrected chi connectivity index (χ1v) is 13.1. The summed E-state index contributed by atoms with van der Waals surface area (Å²) in [6.07, 6.45) is 1.50. The molecule has 0 aliphatic carbocycles. The van der Waals surface area contributed by atoms with Gasteiger partial charge < -0.3 is 13.9 Å². The van der Waals surface area contributed by atoms with E-state index < -0.39 is 0 Å². The van der Waals surface area contributed by atoms with Crippen molar-refractivity contribution >= 4 is 44.0 Å². The number of benzene rings is 4. The van der Waals surface area contributed by atoms with Crippen LogP contribution in [0.1, 0.15) is 11.1 Å². The summed E-state index contributed by atoms with van der Waals surface area (Å²) in [6.45, 7) is 0.107. The summed E-state index contributed by atoms with van der Waals surface area (Å²) in [6, 6.07) is 26.0. The molecule has 6 rings (SSSR count). The number of halogens is 2. The van der Waals surface area contributed by atoms with Crippen molar-refractivity contribution in [2.45, 2.75) is 6.61 Å². The molecule has 0 fully saturated rings. The van der Waals surface area contributed by atoms with Crippen LogP contribution < -0.4 is 15.0 Å². The van der Waals surface area contributed by atoms with Crippen LogP contribution in [0.4, 0.5) is 4.39 Å². The minimum atomic E-state index is -0.358. The lowest BCUT2D eigenvalue weighted by atomic mass is 10.2. The number of hydrogen-bond donors (Lipinski definition) is 0. The highest BCUT2D eigenvalue weighted by molar-refractivity contribution is 9.10. The molecule has 0 saturated heterocycles. The molecule has 0 N–H and O–H groups in total. The number of furan rings is 1. The third-order valence-electron chi connectivity index (χ3n) is 6.27. The van der Waals surface area contributed by atoms with Crippen LogP contribution in [0.2, 0.25) is 0 Å². The average molecular weight is 598 g/mol. The Balaban J connectivity index is 1.46. The van der Waals surface area contributed by atoms with Gasteiger partial charge in [-0.15, -0.1) is 0 Å². The number of ether oxygens (including phenoxy) is 2. The Kier molecular flexibility index (Phi) is 6.88. The first kappa shape index (κ1) is 25.5. The van der Waals surface area contributed by atoms with Crippen LogP contribution in [0.15, 0.2) is 110 Å². The zero-order valence-electron chi connectivity index (χ0n) is 21.2. The Morgan fingerprint density at radius 2 is 1.88 bits per heavy atom. The molecule has 0 bridgehead atoms. The van der Waals surface area contributed by atoms with Gasteiger partial charge >= 0.3 is 0 Å². The third-order valence-corrected chi connectivity index (χ3v) is 6.76. The Morgan fingerprint density at radius 3 is 2.73 bits per heavy atom. The second kappa shape index (κ2) is 10.8. The molecule has 2 heterocycles. The number of nitrogens with zero attached hydrogens (tertiary/aromatic N) is 3. The Morgan fingerprint density at radius 1 is 1.02 bits per heavy atom. The molecule has 0 unspecified atom stereocenters. The summed E-state index contributed by atoms with van der Waals surface area (Å²) >= 11 is 3.48. The van der Waals surface area contributed by atoms with E-state index in [4.69, 9.17) is 18.9 Å². The largest absolute Gasteiger partial charge is 0.493 e. The second-order valence-electron chi connectivity index (χ2n) is 8.90. The van der Waals surface area contributed by atoms with Crippen LogP contribution in [0, 0.1) is 5.82 Å². The first-order chi connectivity index (χ1) is 19.5. The summed E-state index contributed by atoms with van der Waals surface area (Å²) in [4.78, 5) is 18.4. The monoisotopic (exact) mass is 597 g/mol. The van der Waals surface area contributed by atoms with Gasteiger partial charge in [0.05, 0.1) is 24.2 Å². The van der Waals surface area contributed by atoms with E-state index in [9.17, 15) is 9.18 Å². The minimum absolute atomic E-state index is 0.107. The topological polar surface area (TPSA) is 78.9 Å². The van der Waals surface area contributed by atoms with Gasteiger partial charge in [0.1, 0.15) is 18.0 Å². The first-order valence-electron chi connectivity index (χ1n) is 12.3. The molecule has 0 atom stereocenters. The molecular weight excluding hydrogens is 577 g/mol. The van der Waals surface area contributed by atoms with E-state index in [1.54, 1.807) is 48.5 Å². The summed E-state index contributed by atoms with van der Waals surface area (Å²) in [5.41, 5.74) is 2.02. The van der Waals surface area contributed by atoms with Crippen LogP contribution in [0.3, 0.4) is 0 Å². The molecule has 6 aromatic rings. The highest BCUT2D eigenvalue weighted by Crippen LogP contribution is 2.32. The van der Waals surface area contributed by atoms with Crippen molar-refractivity contribution in [3.8, 4) is 23.1 Å². The fourth-order valence-corrected chi connectivity index (χ4v) is 4.75. The van der Waals surface area contributed by atoms with Crippen LogP contribution in [-0.4, -0.2) is 23.0 Å². The average Bonchev–Trinajstić information content (AvgIpc) is 3.38. The van der Waals surface area contributed by atoms with Gasteiger partial charge in [-0.25, -0.2) is 9.37 Å². The molecule has 7 nitrogen and oxygen atoms in total. The Labute approximate surface area is 236 Å². The van der Waals surface area contributed by atoms with Gasteiger partial charge in [0.2, 0.25) is 5.82 Å². The SMILES string of the molecule is COc1cccc(C=Nn2c(-c3cc4cc(Br)ccc4o3)nc3ccccc3c2=O)c1OCc1cccc(F)c1. The van der Waals surface area contributed by atoms with Gasteiger partial charge in [0, 0.05) is 15.4 Å². The van der Waals surface area contributed by atoms with E-state index in [1.165, 1.54) is 30.1 Å². The molecule has 9 heteroatoms. The number of rotatable bonds is 7. The zero-order chi connectivity index (χ0) is 27.6. The summed E-state index contributed by atoms with van der Waals surface area (Å²) in [5.74, 6) is 1.15. The van der Waals surface area contributed by atoms with Gasteiger partial charge in [-0.05, 0) is 66.2 Å². The van der Waals surface area contributed by atoms with Crippen LogP contribution in [0.25, 0.3) is 33.5 Å². The molecule has 2 aromatic heterocycles. The lowest BCUT2D eigenvalue weighted by molar-refractivity contribution is 0.283. The van der Waals surface area contributed by atoms with Crippen molar-refractivity contribution in [1.29, 1.82) is 0 Å². The molecular formula is C31H21BrFN3O4. The Bertz CT molecular complexity index is 1960. The molecule has 0 radical (unpaired) electrons. The van der Waals surface area contributed by atoms with E-state index >= 15 is 0 Å². The number of aromatic nitrogens is 2. The molecule has 0 aliphatic heterocycles. The fourth-order valence-electron chi connectivity index (χ4n) is 4.37. The van der Waals surface area contributed by atoms with Crippen molar-refractivity contribution < 1.29 is 18.3 Å². The standard InChI is InChI=1S/C31H21BrFN3O4/c1-38-27-11-5-7-20(29(27)39-18-19-6-4-8-23(33)14-19)17-34-36-30(35-25-10-3-2-9-24(25)31(36)37)28-16-21-15-22(32)12-13-26(21)40-28/h2-17H,18H2,1H3. The third kappa shape index (κ3) is 4.99. The summed E-state index contributed by atoms with van der Waals surface area (Å²) in [5, 5.41) is 5.81. The molecule has 198 valence electrons. The van der Waals surface area contributed by atoms with Crippen molar-refractivity contribution in [1.82, 2.24) is 9.66 Å². The number of methoxy groups -OCH3 is 1. The van der Waals surface area contributed by atoms with Crippen molar-refractivity contribution in [2.75, 3.05) is 7.11 Å². The van der Waals surface area contributed by atoms with E-state index in [0.29, 0.717) is 44.9 Å². The van der Waals surface area contributed by atoms with E-state index in [0.717, 1.165) is 9.86 Å². The second-order valence-corrected chi connectivity index (χ2v) is 9.82. The molecule has 0 saturated carbocycles. The lowest BCUT2D eigenvalue weighted by Gasteiger charge is -2.13. The molecule has 0 aliphatic rings. The number of fused-ring (bicyclic) bond motifs is 2. The zero-order valence-corrected chi connectivity index (χ0v) is 22.8. The van der Waals surface area contributed by atoms with Crippen molar-refractivity contribution in [2.24, 2.45) is 5.10 Å². The van der Waals surface area contributed by atoms with Gasteiger partial charge in [0.15, 0.2) is 17.3 Å². The van der Waals surface area contributed by atoms with Gasteiger partial charge in [-0.2, -0.15) is 9.78 Å². The number of para-hydroxylation sites is 2. The smallest absolute Gasteiger partial charge is 0.282 e. The normalized spacial score (nSPS) is 11.5. The van der Waals surface area contributed by atoms with Crippen molar-refractivity contribution in [3.05, 3.63) is 123 Å². The predicted octanol–water partition coefficient (Wildman–Crippen LogP) is 7.18. The minimum Gasteiger partial charge on any atom is -0.493 e. The van der Waals surface area contributed by atoms with Crippen LogP contribution in [-0.2, 0) is 6.61 Å².